The summed E-state index contributed by atoms with van der Waals surface area (Å²) in [5.41, 5.74) is 0. The van der Waals surface area contributed by atoms with Gasteiger partial charge in [-0.3, -0.25) is 0 Å². The van der Waals surface area contributed by atoms with Gasteiger partial charge in [0.1, 0.15) is 23.1 Å². The van der Waals surface area contributed by atoms with Crippen molar-refractivity contribution in [3.05, 3.63) is 84.4 Å². The third-order valence-corrected chi connectivity index (χ3v) is 4.04. The first-order chi connectivity index (χ1) is 12.2. The maximum atomic E-state index is 13.5. The number of fused-ring (bicyclic) bond motifs is 2. The average molecular weight is 334 g/mol. The van der Waals surface area contributed by atoms with Crippen molar-refractivity contribution in [3.8, 4) is 11.5 Å². The second-order valence-electron chi connectivity index (χ2n) is 5.65. The van der Waals surface area contributed by atoms with E-state index in [4.69, 9.17) is 9.31 Å². The number of rotatable bonds is 4. The Morgan fingerprint density at radius 3 is 1.56 bits per heavy atom. The molecule has 122 valence electrons. The highest BCUT2D eigenvalue weighted by molar-refractivity contribution is 6.22. The molecule has 0 fully saturated rings. The second-order valence-corrected chi connectivity index (χ2v) is 5.65. The van der Waals surface area contributed by atoms with Crippen LogP contribution in [0.25, 0.3) is 21.5 Å². The summed E-state index contributed by atoms with van der Waals surface area (Å²) in [6, 6.07) is 20.0. The van der Waals surface area contributed by atoms with E-state index in [-0.39, 0.29) is 19.3 Å². The van der Waals surface area contributed by atoms with Crippen molar-refractivity contribution in [1.29, 1.82) is 0 Å². The van der Waals surface area contributed by atoms with Gasteiger partial charge in [0.25, 0.3) is 0 Å². The van der Waals surface area contributed by atoms with Gasteiger partial charge in [0.05, 0.1) is 0 Å². The fourth-order valence-corrected chi connectivity index (χ4v) is 2.84. The van der Waals surface area contributed by atoms with Crippen molar-refractivity contribution in [3.63, 3.8) is 0 Å². The fraction of sp³-hybridized carbons (Fsp3) is 0. The maximum absolute atomic E-state index is 13.5. The summed E-state index contributed by atoms with van der Waals surface area (Å²) in [6.07, 6.45) is 0. The van der Waals surface area contributed by atoms with Gasteiger partial charge >= 0.3 is 7.69 Å². The molecule has 0 saturated heterocycles. The molecule has 25 heavy (non-hydrogen) atoms. The SMILES string of the molecule is Fc1ccc2cccc(OBOc3cccc4ccc(F)cc34)c2c1. The smallest absolute Gasteiger partial charge is 0.528 e. The van der Waals surface area contributed by atoms with Gasteiger partial charge in [-0.2, -0.15) is 0 Å². The lowest BCUT2D eigenvalue weighted by molar-refractivity contribution is 0.464. The van der Waals surface area contributed by atoms with Crippen LogP contribution in [0.5, 0.6) is 11.5 Å². The molecule has 0 unspecified atom stereocenters. The summed E-state index contributed by atoms with van der Waals surface area (Å²) < 4.78 is 38.3. The van der Waals surface area contributed by atoms with Crippen LogP contribution in [0.15, 0.2) is 72.8 Å². The Labute approximate surface area is 143 Å². The van der Waals surface area contributed by atoms with Crippen molar-refractivity contribution in [2.75, 3.05) is 0 Å². The molecule has 0 aromatic heterocycles. The average Bonchev–Trinajstić information content (AvgIpc) is 2.62. The van der Waals surface area contributed by atoms with E-state index in [1.54, 1.807) is 24.3 Å². The van der Waals surface area contributed by atoms with E-state index in [1.807, 2.05) is 24.3 Å². The molecule has 5 heteroatoms. The zero-order chi connectivity index (χ0) is 17.2. The molecule has 0 heterocycles. The van der Waals surface area contributed by atoms with Gasteiger partial charge in [-0.25, -0.2) is 8.78 Å². The van der Waals surface area contributed by atoms with Gasteiger partial charge in [-0.15, -0.1) is 0 Å². The van der Waals surface area contributed by atoms with Crippen LogP contribution >= 0.6 is 0 Å². The fourth-order valence-electron chi connectivity index (χ4n) is 2.84. The minimum absolute atomic E-state index is 0.0642. The highest BCUT2D eigenvalue weighted by Crippen LogP contribution is 2.28. The normalized spacial score (nSPS) is 10.8. The maximum Gasteiger partial charge on any atom is 0.576 e. The molecule has 0 N–H and O–H groups in total. The van der Waals surface area contributed by atoms with Crippen LogP contribution in [0.3, 0.4) is 0 Å². The molecule has 0 atom stereocenters. The summed E-state index contributed by atoms with van der Waals surface area (Å²) in [4.78, 5) is 0. The standard InChI is InChI=1S/C20H13BF2O2/c22-15-9-7-13-3-1-5-19(17(13)11-15)24-21-25-20-6-2-4-14-8-10-16(23)12-18(14)20/h1-12,21H. The predicted molar refractivity (Wildman–Crippen MR) is 96.2 cm³/mol. The quantitative estimate of drug-likeness (QED) is 0.489. The highest BCUT2D eigenvalue weighted by atomic mass is 19.1. The van der Waals surface area contributed by atoms with E-state index in [1.165, 1.54) is 24.3 Å². The molecule has 0 radical (unpaired) electrons. The van der Waals surface area contributed by atoms with E-state index in [9.17, 15) is 8.78 Å². The lowest BCUT2D eigenvalue weighted by Gasteiger charge is -2.11. The van der Waals surface area contributed by atoms with Crippen LogP contribution in [0, 0.1) is 11.6 Å². The largest absolute Gasteiger partial charge is 0.576 e. The van der Waals surface area contributed by atoms with Crippen LogP contribution in [0.2, 0.25) is 0 Å². The van der Waals surface area contributed by atoms with E-state index in [0.717, 1.165) is 10.8 Å². The van der Waals surface area contributed by atoms with E-state index in [2.05, 4.69) is 0 Å². The molecule has 4 aromatic carbocycles. The first kappa shape index (κ1) is 15.5. The lowest BCUT2D eigenvalue weighted by Crippen LogP contribution is -2.11. The number of halogens is 2. The molecule has 4 aromatic rings. The van der Waals surface area contributed by atoms with Gasteiger partial charge in [-0.05, 0) is 47.2 Å². The molecule has 0 aliphatic rings. The Morgan fingerprint density at radius 1 is 0.600 bits per heavy atom. The Hall–Kier alpha value is -3.08. The minimum atomic E-state index is -0.325. The zero-order valence-corrected chi connectivity index (χ0v) is 13.2. The summed E-state index contributed by atoms with van der Waals surface area (Å²) in [5.74, 6) is 0.412. The molecule has 0 aliphatic heterocycles. The Balaban J connectivity index is 1.57. The molecule has 0 aliphatic carbocycles. The van der Waals surface area contributed by atoms with E-state index in [0.29, 0.717) is 22.3 Å². The van der Waals surface area contributed by atoms with Crippen LogP contribution in [-0.2, 0) is 0 Å². The Kier molecular flexibility index (Phi) is 3.98. The first-order valence-corrected chi connectivity index (χ1v) is 7.83. The third-order valence-electron chi connectivity index (χ3n) is 4.04. The van der Waals surface area contributed by atoms with Gasteiger partial charge in [0, 0.05) is 10.8 Å². The number of hydrogen-bond donors (Lipinski definition) is 0. The topological polar surface area (TPSA) is 18.5 Å². The summed E-state index contributed by atoms with van der Waals surface area (Å²) in [5, 5.41) is 3.11. The third kappa shape index (κ3) is 3.13. The van der Waals surface area contributed by atoms with E-state index >= 15 is 0 Å². The van der Waals surface area contributed by atoms with Crippen molar-refractivity contribution in [2.24, 2.45) is 0 Å². The van der Waals surface area contributed by atoms with Gasteiger partial charge in [0.15, 0.2) is 0 Å². The molecule has 4 rings (SSSR count). The summed E-state index contributed by atoms with van der Waals surface area (Å²) in [7, 11) is -0.0642. The number of hydrogen-bond acceptors (Lipinski definition) is 2. The second kappa shape index (κ2) is 6.44. The van der Waals surface area contributed by atoms with Gasteiger partial charge in [-0.1, -0.05) is 36.4 Å². The summed E-state index contributed by atoms with van der Waals surface area (Å²) in [6.45, 7) is 0. The van der Waals surface area contributed by atoms with Crippen molar-refractivity contribution < 1.29 is 18.1 Å². The molecule has 0 spiro atoms. The predicted octanol–water partition coefficient (Wildman–Crippen LogP) is 5.00. The van der Waals surface area contributed by atoms with Crippen LogP contribution in [0.4, 0.5) is 8.78 Å². The lowest BCUT2D eigenvalue weighted by atomic mass is 10.1. The van der Waals surface area contributed by atoms with E-state index < -0.39 is 0 Å². The van der Waals surface area contributed by atoms with Crippen LogP contribution in [0.1, 0.15) is 0 Å². The van der Waals surface area contributed by atoms with Crippen LogP contribution < -0.4 is 9.31 Å². The molecular weight excluding hydrogens is 321 g/mol. The molecule has 0 amide bonds. The van der Waals surface area contributed by atoms with Crippen molar-refractivity contribution in [2.45, 2.75) is 0 Å². The molecule has 0 bridgehead atoms. The van der Waals surface area contributed by atoms with Gasteiger partial charge in [0.2, 0.25) is 0 Å². The molecular formula is C20H13BF2O2. The van der Waals surface area contributed by atoms with Crippen molar-refractivity contribution >= 4 is 29.2 Å². The molecule has 2 nitrogen and oxygen atoms in total. The minimum Gasteiger partial charge on any atom is -0.528 e. The Morgan fingerprint density at radius 2 is 1.08 bits per heavy atom. The Bertz CT molecular complexity index is 981. The zero-order valence-electron chi connectivity index (χ0n) is 13.2. The monoisotopic (exact) mass is 334 g/mol. The summed E-state index contributed by atoms with van der Waals surface area (Å²) >= 11 is 0. The first-order valence-electron chi connectivity index (χ1n) is 7.83. The molecule has 0 saturated carbocycles. The number of benzene rings is 4. The van der Waals surface area contributed by atoms with Gasteiger partial charge < -0.3 is 9.31 Å². The van der Waals surface area contributed by atoms with Crippen molar-refractivity contribution in [1.82, 2.24) is 0 Å². The highest BCUT2D eigenvalue weighted by Gasteiger charge is 2.08. The van der Waals surface area contributed by atoms with Crippen LogP contribution in [-0.4, -0.2) is 7.69 Å².